The molecule has 0 aliphatic carbocycles. The number of carbonyl (C=O) groups is 2. The Morgan fingerprint density at radius 1 is 0.688 bits per heavy atom. The number of aryl methyl sites for hydroxylation is 1. The van der Waals surface area contributed by atoms with E-state index in [0.29, 0.717) is 18.8 Å². The van der Waals surface area contributed by atoms with Crippen LogP contribution >= 0.6 is 0 Å². The lowest BCUT2D eigenvalue weighted by Crippen LogP contribution is -2.11. The molecule has 0 aliphatic heterocycles. The summed E-state index contributed by atoms with van der Waals surface area (Å²) in [5.41, 5.74) is 2.06. The summed E-state index contributed by atoms with van der Waals surface area (Å²) in [6, 6.07) is 5.66. The van der Waals surface area contributed by atoms with Crippen LogP contribution in [0.3, 0.4) is 0 Å². The van der Waals surface area contributed by atoms with Gasteiger partial charge in [-0.3, -0.25) is 9.59 Å². The first kappa shape index (κ1) is 28.2. The van der Waals surface area contributed by atoms with E-state index in [1.165, 1.54) is 70.6 Å². The molecular weight excluding hydrogens is 400 g/mol. The summed E-state index contributed by atoms with van der Waals surface area (Å²) in [6.07, 6.45) is 17.9. The molecule has 1 rings (SSSR count). The molecule has 4 nitrogen and oxygen atoms in total. The van der Waals surface area contributed by atoms with Crippen LogP contribution in [0.1, 0.15) is 121 Å². The highest BCUT2D eigenvalue weighted by Gasteiger charge is 2.10. The van der Waals surface area contributed by atoms with E-state index in [4.69, 9.17) is 9.47 Å². The Bertz CT molecular complexity index is 638. The van der Waals surface area contributed by atoms with Crippen molar-refractivity contribution in [2.45, 2.75) is 124 Å². The molecule has 1 aromatic rings. The largest absolute Gasteiger partial charge is 0.466 e. The third-order valence-corrected chi connectivity index (χ3v) is 6.05. The van der Waals surface area contributed by atoms with Crippen LogP contribution in [0, 0.1) is 13.8 Å². The first-order valence-electron chi connectivity index (χ1n) is 13.0. The van der Waals surface area contributed by atoms with Gasteiger partial charge < -0.3 is 9.47 Å². The van der Waals surface area contributed by atoms with Crippen molar-refractivity contribution in [2.24, 2.45) is 0 Å². The molecule has 182 valence electrons. The summed E-state index contributed by atoms with van der Waals surface area (Å²) < 4.78 is 10.7. The van der Waals surface area contributed by atoms with E-state index in [1.807, 2.05) is 26.0 Å². The quantitative estimate of drug-likeness (QED) is 0.123. The number of hydrogen-bond donors (Lipinski definition) is 0. The Labute approximate surface area is 196 Å². The molecule has 0 unspecified atom stereocenters. The number of carbonyl (C=O) groups excluding carboxylic acids is 2. The SMILES string of the molecule is CCCCCCCCCCCCCCCOC(=O)CCCC(=O)Oc1cccc(C)c1C. The van der Waals surface area contributed by atoms with E-state index in [2.05, 4.69) is 6.92 Å². The molecule has 0 heterocycles. The van der Waals surface area contributed by atoms with Gasteiger partial charge in [-0.2, -0.15) is 0 Å². The maximum Gasteiger partial charge on any atom is 0.311 e. The number of benzene rings is 1. The standard InChI is InChI=1S/C28H46O4/c1-4-5-6-7-8-9-10-11-12-13-14-15-16-23-31-27(29)21-18-22-28(30)32-26-20-17-19-24(2)25(26)3/h17,19-20H,4-16,18,21-23H2,1-3H3. The molecule has 0 N–H and O–H groups in total. The van der Waals surface area contributed by atoms with Crippen LogP contribution in [0.25, 0.3) is 0 Å². The van der Waals surface area contributed by atoms with E-state index in [0.717, 1.165) is 24.0 Å². The highest BCUT2D eigenvalue weighted by Crippen LogP contribution is 2.21. The summed E-state index contributed by atoms with van der Waals surface area (Å²) in [4.78, 5) is 23.8. The Kier molecular flexibility index (Phi) is 16.5. The van der Waals surface area contributed by atoms with Crippen LogP contribution in [0.2, 0.25) is 0 Å². The van der Waals surface area contributed by atoms with E-state index in [1.54, 1.807) is 6.07 Å². The fourth-order valence-electron chi connectivity index (χ4n) is 3.76. The van der Waals surface area contributed by atoms with Crippen molar-refractivity contribution in [2.75, 3.05) is 6.61 Å². The van der Waals surface area contributed by atoms with Gasteiger partial charge in [0.25, 0.3) is 0 Å². The highest BCUT2D eigenvalue weighted by atomic mass is 16.5. The highest BCUT2D eigenvalue weighted by molar-refractivity contribution is 5.74. The van der Waals surface area contributed by atoms with Crippen molar-refractivity contribution in [1.82, 2.24) is 0 Å². The van der Waals surface area contributed by atoms with Crippen molar-refractivity contribution in [3.05, 3.63) is 29.3 Å². The molecule has 0 spiro atoms. The zero-order chi connectivity index (χ0) is 23.4. The number of unbranched alkanes of at least 4 members (excludes halogenated alkanes) is 12. The third-order valence-electron chi connectivity index (χ3n) is 6.05. The van der Waals surface area contributed by atoms with Crippen LogP contribution in [0.15, 0.2) is 18.2 Å². The minimum Gasteiger partial charge on any atom is -0.466 e. The van der Waals surface area contributed by atoms with Crippen LogP contribution in [0.4, 0.5) is 0 Å². The second-order valence-electron chi connectivity index (χ2n) is 8.99. The molecule has 0 aliphatic rings. The Morgan fingerprint density at radius 3 is 1.81 bits per heavy atom. The van der Waals surface area contributed by atoms with Gasteiger partial charge in [0.05, 0.1) is 6.61 Å². The molecule has 0 aromatic heterocycles. The molecule has 32 heavy (non-hydrogen) atoms. The molecule has 0 radical (unpaired) electrons. The van der Waals surface area contributed by atoms with E-state index < -0.39 is 0 Å². The fraction of sp³-hybridized carbons (Fsp3) is 0.714. The first-order chi connectivity index (χ1) is 15.5. The lowest BCUT2D eigenvalue weighted by Gasteiger charge is -2.09. The van der Waals surface area contributed by atoms with Crippen molar-refractivity contribution in [1.29, 1.82) is 0 Å². The zero-order valence-corrected chi connectivity index (χ0v) is 20.9. The van der Waals surface area contributed by atoms with Gasteiger partial charge >= 0.3 is 11.9 Å². The minimum absolute atomic E-state index is 0.219. The first-order valence-corrected chi connectivity index (χ1v) is 13.0. The topological polar surface area (TPSA) is 52.6 Å². The Balaban J connectivity index is 1.90. The van der Waals surface area contributed by atoms with Crippen molar-refractivity contribution >= 4 is 11.9 Å². The summed E-state index contributed by atoms with van der Waals surface area (Å²) in [6.45, 7) is 6.68. The van der Waals surface area contributed by atoms with Crippen LogP contribution < -0.4 is 4.74 Å². The average molecular weight is 447 g/mol. The Morgan fingerprint density at radius 2 is 1.22 bits per heavy atom. The predicted octanol–water partition coefficient (Wildman–Crippen LogP) is 8.01. The fourth-order valence-corrected chi connectivity index (χ4v) is 3.76. The lowest BCUT2D eigenvalue weighted by atomic mass is 10.0. The number of ether oxygens (including phenoxy) is 2. The molecule has 0 saturated heterocycles. The minimum atomic E-state index is -0.303. The van der Waals surface area contributed by atoms with Crippen molar-refractivity contribution in [3.8, 4) is 5.75 Å². The normalized spacial score (nSPS) is 10.8. The maximum atomic E-state index is 12.0. The monoisotopic (exact) mass is 446 g/mol. The van der Waals surface area contributed by atoms with Crippen LogP contribution in [-0.2, 0) is 14.3 Å². The van der Waals surface area contributed by atoms with Crippen molar-refractivity contribution in [3.63, 3.8) is 0 Å². The number of esters is 2. The summed E-state index contributed by atoms with van der Waals surface area (Å²) >= 11 is 0. The zero-order valence-electron chi connectivity index (χ0n) is 20.9. The average Bonchev–Trinajstić information content (AvgIpc) is 2.77. The summed E-state index contributed by atoms with van der Waals surface area (Å²) in [5, 5.41) is 0. The van der Waals surface area contributed by atoms with Gasteiger partial charge in [0.1, 0.15) is 5.75 Å². The second-order valence-corrected chi connectivity index (χ2v) is 8.99. The van der Waals surface area contributed by atoms with E-state index in [9.17, 15) is 9.59 Å². The molecular formula is C28H46O4. The number of hydrogen-bond acceptors (Lipinski definition) is 4. The third kappa shape index (κ3) is 14.3. The van der Waals surface area contributed by atoms with Crippen molar-refractivity contribution < 1.29 is 19.1 Å². The van der Waals surface area contributed by atoms with E-state index in [-0.39, 0.29) is 24.8 Å². The molecule has 0 amide bonds. The smallest absolute Gasteiger partial charge is 0.311 e. The van der Waals surface area contributed by atoms with Gasteiger partial charge in [0.2, 0.25) is 0 Å². The molecule has 1 aromatic carbocycles. The van der Waals surface area contributed by atoms with Gasteiger partial charge in [-0.15, -0.1) is 0 Å². The van der Waals surface area contributed by atoms with Gasteiger partial charge in [-0.1, -0.05) is 96.1 Å². The van der Waals surface area contributed by atoms with E-state index >= 15 is 0 Å². The molecule has 0 saturated carbocycles. The maximum absolute atomic E-state index is 12.0. The lowest BCUT2D eigenvalue weighted by molar-refractivity contribution is -0.144. The van der Waals surface area contributed by atoms with Gasteiger partial charge in [0.15, 0.2) is 0 Å². The second kappa shape index (κ2) is 18.7. The van der Waals surface area contributed by atoms with Crippen LogP contribution in [0.5, 0.6) is 5.75 Å². The summed E-state index contributed by atoms with van der Waals surface area (Å²) in [5.74, 6) is 0.0754. The molecule has 0 bridgehead atoms. The number of rotatable bonds is 19. The Hall–Kier alpha value is -1.84. The van der Waals surface area contributed by atoms with Gasteiger partial charge in [-0.05, 0) is 43.9 Å². The molecule has 4 heteroatoms. The molecule has 0 atom stereocenters. The van der Waals surface area contributed by atoms with Gasteiger partial charge in [0, 0.05) is 12.8 Å². The van der Waals surface area contributed by atoms with Gasteiger partial charge in [-0.25, -0.2) is 0 Å². The molecule has 0 fully saturated rings. The van der Waals surface area contributed by atoms with Crippen LogP contribution in [-0.4, -0.2) is 18.5 Å². The predicted molar refractivity (Wildman–Crippen MR) is 132 cm³/mol. The summed E-state index contributed by atoms with van der Waals surface area (Å²) in [7, 11) is 0.